The average Bonchev–Trinajstić information content (AvgIpc) is 2.96. The van der Waals surface area contributed by atoms with E-state index in [0.717, 1.165) is 10.1 Å². The molecule has 0 atom stereocenters. The smallest absolute Gasteiger partial charge is 0.281 e. The van der Waals surface area contributed by atoms with Crippen molar-refractivity contribution in [3.63, 3.8) is 0 Å². The van der Waals surface area contributed by atoms with Gasteiger partial charge in [-0.05, 0) is 34.1 Å². The topological polar surface area (TPSA) is 67.4 Å². The maximum Gasteiger partial charge on any atom is 0.281 e. The van der Waals surface area contributed by atoms with Gasteiger partial charge in [0.2, 0.25) is 0 Å². The van der Waals surface area contributed by atoms with Crippen LogP contribution < -0.4 is 15.6 Å². The van der Waals surface area contributed by atoms with E-state index in [1.54, 1.807) is 6.07 Å². The van der Waals surface area contributed by atoms with E-state index in [1.165, 1.54) is 17.4 Å². The Balaban J connectivity index is 1.59. The summed E-state index contributed by atoms with van der Waals surface area (Å²) in [5.74, 6) is -0.811. The molecule has 3 rings (SSSR count). The quantitative estimate of drug-likeness (QED) is 0.460. The summed E-state index contributed by atoms with van der Waals surface area (Å²) in [7, 11) is 0. The van der Waals surface area contributed by atoms with Gasteiger partial charge in [-0.15, -0.1) is 11.3 Å². The number of carbonyl (C=O) groups excluding carboxylic acids is 2. The number of halogens is 4. The van der Waals surface area contributed by atoms with Gasteiger partial charge in [0.1, 0.15) is 4.88 Å². The van der Waals surface area contributed by atoms with Gasteiger partial charge in [-0.2, -0.15) is 0 Å². The molecule has 0 aliphatic carbocycles. The van der Waals surface area contributed by atoms with Gasteiger partial charge in [-0.3, -0.25) is 20.4 Å². The summed E-state index contributed by atoms with van der Waals surface area (Å²) < 4.78 is 6.76. The normalized spacial score (nSPS) is 10.7. The molecule has 0 aliphatic rings. The third-order valence-electron chi connectivity index (χ3n) is 3.37. The molecule has 5 nitrogen and oxygen atoms in total. The first-order chi connectivity index (χ1) is 12.9. The highest BCUT2D eigenvalue weighted by Crippen LogP contribution is 2.36. The average molecular weight is 509 g/mol. The fraction of sp³-hybridized carbons (Fsp3) is 0.0588. The van der Waals surface area contributed by atoms with Gasteiger partial charge in [0.15, 0.2) is 12.4 Å². The number of hydrogen-bond donors (Lipinski definition) is 2. The molecule has 0 fully saturated rings. The van der Waals surface area contributed by atoms with Gasteiger partial charge in [-0.1, -0.05) is 53.0 Å². The Morgan fingerprint density at radius 3 is 2.56 bits per heavy atom. The molecule has 140 valence electrons. The molecule has 0 radical (unpaired) electrons. The molecule has 2 aromatic carbocycles. The van der Waals surface area contributed by atoms with E-state index >= 15 is 0 Å². The van der Waals surface area contributed by atoms with Crippen LogP contribution in [0.25, 0.3) is 10.1 Å². The number of carbonyl (C=O) groups is 2. The van der Waals surface area contributed by atoms with Gasteiger partial charge >= 0.3 is 0 Å². The third kappa shape index (κ3) is 4.67. The Kier molecular flexibility index (Phi) is 6.49. The minimum Gasteiger partial charge on any atom is -0.481 e. The van der Waals surface area contributed by atoms with Crippen molar-refractivity contribution in [2.45, 2.75) is 0 Å². The van der Waals surface area contributed by atoms with E-state index in [2.05, 4.69) is 26.8 Å². The molecule has 1 heterocycles. The number of thiophene rings is 1. The van der Waals surface area contributed by atoms with Gasteiger partial charge in [0.25, 0.3) is 11.8 Å². The fourth-order valence-electron chi connectivity index (χ4n) is 2.18. The van der Waals surface area contributed by atoms with E-state index in [-0.39, 0.29) is 17.4 Å². The van der Waals surface area contributed by atoms with Crippen LogP contribution in [0.5, 0.6) is 5.75 Å². The number of nitrogens with one attached hydrogen (secondary N) is 2. The number of ether oxygens (including phenoxy) is 1. The molecule has 27 heavy (non-hydrogen) atoms. The zero-order valence-electron chi connectivity index (χ0n) is 13.3. The lowest BCUT2D eigenvalue weighted by atomic mass is 10.2. The Labute approximate surface area is 181 Å². The Morgan fingerprint density at radius 2 is 1.85 bits per heavy atom. The molecule has 2 amide bonds. The molecular weight excluding hydrogens is 499 g/mol. The molecule has 0 saturated carbocycles. The first kappa shape index (κ1) is 20.2. The zero-order valence-corrected chi connectivity index (χ0v) is 18.0. The molecule has 0 aliphatic heterocycles. The molecule has 3 aromatic rings. The number of amides is 2. The highest BCUT2D eigenvalue weighted by molar-refractivity contribution is 9.10. The van der Waals surface area contributed by atoms with Crippen molar-refractivity contribution in [2.75, 3.05) is 6.61 Å². The van der Waals surface area contributed by atoms with E-state index in [4.69, 9.17) is 39.5 Å². The zero-order chi connectivity index (χ0) is 19.6. The second-order valence-corrected chi connectivity index (χ2v) is 8.36. The Hall–Kier alpha value is -1.51. The minimum atomic E-state index is -0.571. The maximum atomic E-state index is 12.3. The number of rotatable bonds is 4. The van der Waals surface area contributed by atoms with E-state index in [1.807, 2.05) is 24.3 Å². The van der Waals surface area contributed by atoms with Crippen molar-refractivity contribution >= 4 is 84.0 Å². The second kappa shape index (κ2) is 8.67. The van der Waals surface area contributed by atoms with Gasteiger partial charge in [-0.25, -0.2) is 0 Å². The molecule has 0 spiro atoms. The van der Waals surface area contributed by atoms with E-state index in [9.17, 15) is 9.59 Å². The highest BCUT2D eigenvalue weighted by atomic mass is 79.9. The van der Waals surface area contributed by atoms with Crippen LogP contribution in [0.1, 0.15) is 9.67 Å². The minimum absolute atomic E-state index is 0.253. The second-order valence-electron chi connectivity index (χ2n) is 5.23. The molecule has 2 N–H and O–H groups in total. The molecular formula is C17H10BrCl3N2O3S. The lowest BCUT2D eigenvalue weighted by Crippen LogP contribution is -2.43. The molecule has 10 heteroatoms. The number of fused-ring (bicyclic) bond motifs is 1. The van der Waals surface area contributed by atoms with E-state index in [0.29, 0.717) is 19.4 Å². The molecule has 1 aromatic heterocycles. The van der Waals surface area contributed by atoms with Crippen molar-refractivity contribution in [2.24, 2.45) is 0 Å². The lowest BCUT2D eigenvalue weighted by molar-refractivity contribution is -0.123. The van der Waals surface area contributed by atoms with Crippen molar-refractivity contribution < 1.29 is 14.3 Å². The summed E-state index contributed by atoms with van der Waals surface area (Å²) in [4.78, 5) is 24.5. The highest BCUT2D eigenvalue weighted by Gasteiger charge is 2.18. The van der Waals surface area contributed by atoms with Crippen LogP contribution in [0.15, 0.2) is 40.9 Å². The van der Waals surface area contributed by atoms with Crippen LogP contribution >= 0.6 is 62.1 Å². The van der Waals surface area contributed by atoms with Crippen LogP contribution in [0.3, 0.4) is 0 Å². The number of hydrazine groups is 1. The fourth-order valence-corrected chi connectivity index (χ4v) is 4.96. The SMILES string of the molecule is O=C(COc1c(Cl)cc(Cl)cc1Br)NNC(=O)c1sc2ccccc2c1Cl. The van der Waals surface area contributed by atoms with Crippen LogP contribution in [0.4, 0.5) is 0 Å². The third-order valence-corrected chi connectivity index (χ3v) is 6.13. The lowest BCUT2D eigenvalue weighted by Gasteiger charge is -2.11. The van der Waals surface area contributed by atoms with E-state index < -0.39 is 11.8 Å². The standard InChI is InChI=1S/C17H10BrCl3N2O3S/c18-10-5-8(19)6-11(20)15(10)26-7-13(24)22-23-17(25)16-14(21)9-3-1-2-4-12(9)27-16/h1-6H,7H2,(H,22,24)(H,23,25). The van der Waals surface area contributed by atoms with Crippen LogP contribution in [-0.4, -0.2) is 18.4 Å². The summed E-state index contributed by atoms with van der Waals surface area (Å²) in [6.45, 7) is -0.361. The number of benzene rings is 2. The Morgan fingerprint density at radius 1 is 1.11 bits per heavy atom. The summed E-state index contributed by atoms with van der Waals surface area (Å²) in [6.07, 6.45) is 0. The monoisotopic (exact) mass is 506 g/mol. The summed E-state index contributed by atoms with van der Waals surface area (Å²) >= 11 is 22.6. The summed E-state index contributed by atoms with van der Waals surface area (Å²) in [6, 6.07) is 10.5. The molecule has 0 unspecified atom stereocenters. The largest absolute Gasteiger partial charge is 0.481 e. The predicted molar refractivity (Wildman–Crippen MR) is 112 cm³/mol. The number of hydrogen-bond acceptors (Lipinski definition) is 4. The van der Waals surface area contributed by atoms with Crippen molar-refractivity contribution in [3.8, 4) is 5.75 Å². The van der Waals surface area contributed by atoms with Crippen molar-refractivity contribution in [3.05, 3.63) is 60.8 Å². The molecule has 0 saturated heterocycles. The van der Waals surface area contributed by atoms with Gasteiger partial charge in [0, 0.05) is 15.1 Å². The predicted octanol–water partition coefficient (Wildman–Crippen LogP) is 5.46. The van der Waals surface area contributed by atoms with Crippen LogP contribution in [0.2, 0.25) is 15.1 Å². The van der Waals surface area contributed by atoms with Crippen LogP contribution in [-0.2, 0) is 4.79 Å². The van der Waals surface area contributed by atoms with Gasteiger partial charge < -0.3 is 4.74 Å². The first-order valence-electron chi connectivity index (χ1n) is 7.40. The summed E-state index contributed by atoms with van der Waals surface area (Å²) in [5, 5.41) is 1.81. The maximum absolute atomic E-state index is 12.3. The Bertz CT molecular complexity index is 1020. The van der Waals surface area contributed by atoms with Crippen molar-refractivity contribution in [1.82, 2.24) is 10.9 Å². The molecule has 0 bridgehead atoms. The summed E-state index contributed by atoms with van der Waals surface area (Å²) in [5.41, 5.74) is 4.59. The first-order valence-corrected chi connectivity index (χ1v) is 10.1. The van der Waals surface area contributed by atoms with Gasteiger partial charge in [0.05, 0.1) is 14.5 Å². The van der Waals surface area contributed by atoms with Crippen molar-refractivity contribution in [1.29, 1.82) is 0 Å². The van der Waals surface area contributed by atoms with Crippen LogP contribution in [0, 0.1) is 0 Å².